The quantitative estimate of drug-likeness (QED) is 0.873. The van der Waals surface area contributed by atoms with Gasteiger partial charge in [0.05, 0.1) is 12.3 Å². The summed E-state index contributed by atoms with van der Waals surface area (Å²) in [6.45, 7) is 5.36. The van der Waals surface area contributed by atoms with Crippen molar-refractivity contribution in [2.45, 2.75) is 20.8 Å². The van der Waals surface area contributed by atoms with Crippen LogP contribution in [0.5, 0.6) is 0 Å². The summed E-state index contributed by atoms with van der Waals surface area (Å²) in [5, 5.41) is 0. The number of amides is 1. The maximum absolute atomic E-state index is 11.7. The summed E-state index contributed by atoms with van der Waals surface area (Å²) < 4.78 is 32.7. The van der Waals surface area contributed by atoms with Gasteiger partial charge in [0.1, 0.15) is 0 Å². The van der Waals surface area contributed by atoms with Crippen LogP contribution in [0, 0.1) is 13.8 Å². The predicted molar refractivity (Wildman–Crippen MR) is 76.3 cm³/mol. The van der Waals surface area contributed by atoms with E-state index in [2.05, 4.69) is 25.4 Å². The summed E-state index contributed by atoms with van der Waals surface area (Å²) in [4.78, 5) is 11.1. The van der Waals surface area contributed by atoms with Gasteiger partial charge in [-0.2, -0.15) is 8.42 Å². The fourth-order valence-corrected chi connectivity index (χ4v) is 2.44. The van der Waals surface area contributed by atoms with Crippen LogP contribution in [-0.4, -0.2) is 21.1 Å². The predicted octanol–water partition coefficient (Wildman–Crippen LogP) is 2.47. The molecule has 0 aliphatic rings. The molecule has 0 saturated carbocycles. The van der Waals surface area contributed by atoms with Crippen molar-refractivity contribution in [3.8, 4) is 0 Å². The third kappa shape index (κ3) is 4.71. The Kier molecular flexibility index (Phi) is 5.19. The topological polar surface area (TPSA) is 84.5 Å². The van der Waals surface area contributed by atoms with Crippen LogP contribution in [0.1, 0.15) is 18.1 Å². The Hall–Kier alpha value is -1.28. The molecule has 6 nitrogen and oxygen atoms in total. The smallest absolute Gasteiger partial charge is 0.422 e. The van der Waals surface area contributed by atoms with Gasteiger partial charge in [-0.05, 0) is 44.0 Å². The van der Waals surface area contributed by atoms with Crippen LogP contribution in [0.3, 0.4) is 0 Å². The monoisotopic (exact) mass is 350 g/mol. The number of rotatable bonds is 4. The van der Waals surface area contributed by atoms with Crippen LogP contribution in [0.25, 0.3) is 0 Å². The largest absolute Gasteiger partial charge is 0.449 e. The van der Waals surface area contributed by atoms with Gasteiger partial charge in [0, 0.05) is 4.47 Å². The SMILES string of the molecule is CCOC(=O)NS(=O)(=O)Nc1cc(C)c(Br)c(C)c1. The van der Waals surface area contributed by atoms with E-state index in [9.17, 15) is 13.2 Å². The molecule has 0 aliphatic carbocycles. The van der Waals surface area contributed by atoms with Crippen molar-refractivity contribution in [1.82, 2.24) is 4.72 Å². The van der Waals surface area contributed by atoms with Crippen LogP contribution in [-0.2, 0) is 14.9 Å². The van der Waals surface area contributed by atoms with Gasteiger partial charge in [-0.15, -0.1) is 0 Å². The minimum absolute atomic E-state index is 0.0951. The summed E-state index contributed by atoms with van der Waals surface area (Å²) in [7, 11) is -3.99. The van der Waals surface area contributed by atoms with Crippen LogP contribution in [0.15, 0.2) is 16.6 Å². The molecule has 8 heteroatoms. The fourth-order valence-electron chi connectivity index (χ4n) is 1.46. The maximum Gasteiger partial charge on any atom is 0.422 e. The first-order valence-electron chi connectivity index (χ1n) is 5.49. The third-order valence-electron chi connectivity index (χ3n) is 2.18. The lowest BCUT2D eigenvalue weighted by molar-refractivity contribution is 0.159. The van der Waals surface area contributed by atoms with Gasteiger partial charge in [0.25, 0.3) is 0 Å². The van der Waals surface area contributed by atoms with E-state index in [1.807, 2.05) is 13.8 Å². The molecule has 0 saturated heterocycles. The van der Waals surface area contributed by atoms with Crippen molar-refractivity contribution in [3.63, 3.8) is 0 Å². The summed E-state index contributed by atoms with van der Waals surface area (Å²) in [6.07, 6.45) is -1.01. The lowest BCUT2D eigenvalue weighted by Gasteiger charge is -2.11. The maximum atomic E-state index is 11.7. The molecule has 19 heavy (non-hydrogen) atoms. The molecule has 0 heterocycles. The molecule has 106 valence electrons. The van der Waals surface area contributed by atoms with Crippen molar-refractivity contribution in [3.05, 3.63) is 27.7 Å². The zero-order valence-corrected chi connectivity index (χ0v) is 13.2. The molecular weight excluding hydrogens is 336 g/mol. The number of aryl methyl sites for hydroxylation is 2. The van der Waals surface area contributed by atoms with E-state index in [0.717, 1.165) is 15.6 Å². The van der Waals surface area contributed by atoms with E-state index in [-0.39, 0.29) is 6.61 Å². The Morgan fingerprint density at radius 3 is 2.32 bits per heavy atom. The standard InChI is InChI=1S/C11H15BrN2O4S/c1-4-18-11(15)14-19(16,17)13-9-5-7(2)10(12)8(3)6-9/h5-6,13H,4H2,1-3H3,(H,14,15). The molecule has 0 aromatic heterocycles. The Bertz CT molecular complexity index is 563. The van der Waals surface area contributed by atoms with Gasteiger partial charge in [-0.3, -0.25) is 4.72 Å². The molecule has 1 aromatic carbocycles. The van der Waals surface area contributed by atoms with Crippen molar-refractivity contribution in [2.75, 3.05) is 11.3 Å². The number of hydrogen-bond donors (Lipinski definition) is 2. The molecule has 1 rings (SSSR count). The highest BCUT2D eigenvalue weighted by molar-refractivity contribution is 9.10. The highest BCUT2D eigenvalue weighted by Gasteiger charge is 2.15. The molecule has 1 amide bonds. The van der Waals surface area contributed by atoms with E-state index in [4.69, 9.17) is 0 Å². The minimum atomic E-state index is -3.99. The highest BCUT2D eigenvalue weighted by Crippen LogP contribution is 2.25. The summed E-state index contributed by atoms with van der Waals surface area (Å²) in [5.74, 6) is 0. The molecule has 0 fully saturated rings. The second kappa shape index (κ2) is 6.25. The van der Waals surface area contributed by atoms with Gasteiger partial charge in [0.2, 0.25) is 0 Å². The lowest BCUT2D eigenvalue weighted by atomic mass is 10.1. The van der Waals surface area contributed by atoms with Crippen molar-refractivity contribution < 1.29 is 17.9 Å². The average Bonchev–Trinajstić information content (AvgIpc) is 2.24. The second-order valence-corrected chi connectivity index (χ2v) is 6.06. The first-order valence-corrected chi connectivity index (χ1v) is 7.77. The Balaban J connectivity index is 2.87. The van der Waals surface area contributed by atoms with Crippen LogP contribution < -0.4 is 9.44 Å². The van der Waals surface area contributed by atoms with Crippen LogP contribution >= 0.6 is 15.9 Å². The summed E-state index contributed by atoms with van der Waals surface area (Å²) in [5.41, 5.74) is 2.14. The number of carbonyl (C=O) groups excluding carboxylic acids is 1. The third-order valence-corrected chi connectivity index (χ3v) is 4.37. The van der Waals surface area contributed by atoms with Gasteiger partial charge in [0.15, 0.2) is 0 Å². The fraction of sp³-hybridized carbons (Fsp3) is 0.364. The molecule has 2 N–H and O–H groups in total. The number of benzene rings is 1. The van der Waals surface area contributed by atoms with Gasteiger partial charge >= 0.3 is 16.3 Å². The van der Waals surface area contributed by atoms with Crippen LogP contribution in [0.2, 0.25) is 0 Å². The minimum Gasteiger partial charge on any atom is -0.449 e. The van der Waals surface area contributed by atoms with E-state index in [1.165, 1.54) is 0 Å². The van der Waals surface area contributed by atoms with E-state index < -0.39 is 16.3 Å². The summed E-state index contributed by atoms with van der Waals surface area (Å²) >= 11 is 3.39. The van der Waals surface area contributed by atoms with Gasteiger partial charge < -0.3 is 4.74 Å². The Labute approximate surface area is 120 Å². The Morgan fingerprint density at radius 1 is 1.32 bits per heavy atom. The second-order valence-electron chi connectivity index (χ2n) is 3.85. The zero-order valence-electron chi connectivity index (χ0n) is 10.8. The highest BCUT2D eigenvalue weighted by atomic mass is 79.9. The zero-order chi connectivity index (χ0) is 14.6. The van der Waals surface area contributed by atoms with Crippen LogP contribution in [0.4, 0.5) is 10.5 Å². The number of anilines is 1. The molecule has 0 spiro atoms. The summed E-state index contributed by atoms with van der Waals surface area (Å²) in [6, 6.07) is 3.31. The molecule has 0 bridgehead atoms. The van der Waals surface area contributed by atoms with Crippen molar-refractivity contribution >= 4 is 37.9 Å². The average molecular weight is 351 g/mol. The number of nitrogens with one attached hydrogen (secondary N) is 2. The van der Waals surface area contributed by atoms with E-state index >= 15 is 0 Å². The normalized spacial score (nSPS) is 10.9. The molecule has 0 unspecified atom stereocenters. The van der Waals surface area contributed by atoms with Crippen molar-refractivity contribution in [1.29, 1.82) is 0 Å². The molecule has 1 aromatic rings. The number of hydrogen-bond acceptors (Lipinski definition) is 4. The first kappa shape index (κ1) is 15.8. The molecule has 0 aliphatic heterocycles. The Morgan fingerprint density at radius 2 is 1.84 bits per heavy atom. The number of carbonyl (C=O) groups is 1. The first-order chi connectivity index (χ1) is 8.75. The van der Waals surface area contributed by atoms with E-state index in [0.29, 0.717) is 5.69 Å². The number of halogens is 1. The molecular formula is C11H15BrN2O4S. The number of ether oxygens (including phenoxy) is 1. The van der Waals surface area contributed by atoms with Crippen molar-refractivity contribution in [2.24, 2.45) is 0 Å². The molecule has 0 atom stereocenters. The molecule has 0 radical (unpaired) electrons. The van der Waals surface area contributed by atoms with E-state index in [1.54, 1.807) is 23.8 Å². The van der Waals surface area contributed by atoms with Gasteiger partial charge in [-0.25, -0.2) is 9.52 Å². The lowest BCUT2D eigenvalue weighted by Crippen LogP contribution is -2.35. The van der Waals surface area contributed by atoms with Gasteiger partial charge in [-0.1, -0.05) is 15.9 Å².